The van der Waals surface area contributed by atoms with Crippen molar-refractivity contribution in [2.24, 2.45) is 17.6 Å². The molecule has 0 aliphatic carbocycles. The van der Waals surface area contributed by atoms with Gasteiger partial charge in [0.15, 0.2) is 0 Å². The lowest BCUT2D eigenvalue weighted by molar-refractivity contribution is -0.142. The minimum absolute atomic E-state index is 0.0394. The highest BCUT2D eigenvalue weighted by atomic mass is 16.5. The summed E-state index contributed by atoms with van der Waals surface area (Å²) in [6, 6.07) is 0. The maximum atomic E-state index is 12.2. The molecule has 0 aromatic carbocycles. The first kappa shape index (κ1) is 16.9. The summed E-state index contributed by atoms with van der Waals surface area (Å²) in [4.78, 5) is 25.1. The Morgan fingerprint density at radius 2 is 1.94 bits per heavy atom. The first-order chi connectivity index (χ1) is 8.46. The highest BCUT2D eigenvalue weighted by Gasteiger charge is 2.22. The summed E-state index contributed by atoms with van der Waals surface area (Å²) < 4.78 is 4.60. The van der Waals surface area contributed by atoms with Crippen LogP contribution in [0.2, 0.25) is 0 Å². The lowest BCUT2D eigenvalue weighted by Gasteiger charge is -2.27. The Morgan fingerprint density at radius 3 is 2.33 bits per heavy atom. The largest absolute Gasteiger partial charge is 0.469 e. The van der Waals surface area contributed by atoms with E-state index in [0.717, 1.165) is 6.42 Å². The van der Waals surface area contributed by atoms with Gasteiger partial charge in [-0.25, -0.2) is 0 Å². The molecule has 1 atom stereocenters. The predicted molar refractivity (Wildman–Crippen MR) is 70.9 cm³/mol. The molecule has 0 heterocycles. The highest BCUT2D eigenvalue weighted by molar-refractivity contribution is 5.79. The minimum atomic E-state index is -0.294. The molecule has 0 saturated carbocycles. The van der Waals surface area contributed by atoms with Crippen molar-refractivity contribution in [1.29, 1.82) is 0 Å². The molecule has 0 aliphatic heterocycles. The van der Waals surface area contributed by atoms with Crippen molar-refractivity contribution in [3.05, 3.63) is 0 Å². The van der Waals surface area contributed by atoms with Crippen molar-refractivity contribution in [3.63, 3.8) is 0 Å². The Balaban J connectivity index is 4.55. The van der Waals surface area contributed by atoms with Crippen molar-refractivity contribution in [2.45, 2.75) is 33.6 Å². The standard InChI is InChI=1S/C13H26N2O3/c1-5-11(8-14)13(17)15(9-10(2)3)7-6-12(16)18-4/h10-11H,5-9,14H2,1-4H3. The number of carbonyl (C=O) groups is 2. The Kier molecular flexibility index (Phi) is 8.37. The van der Waals surface area contributed by atoms with Crippen LogP contribution in [0.1, 0.15) is 33.6 Å². The van der Waals surface area contributed by atoms with E-state index in [4.69, 9.17) is 5.73 Å². The van der Waals surface area contributed by atoms with Crippen LogP contribution in [0.25, 0.3) is 0 Å². The molecule has 1 unspecified atom stereocenters. The van der Waals surface area contributed by atoms with Gasteiger partial charge in [-0.3, -0.25) is 9.59 Å². The monoisotopic (exact) mass is 258 g/mol. The highest BCUT2D eigenvalue weighted by Crippen LogP contribution is 2.10. The molecule has 0 aromatic heterocycles. The van der Waals surface area contributed by atoms with E-state index >= 15 is 0 Å². The van der Waals surface area contributed by atoms with Crippen LogP contribution in [0.15, 0.2) is 0 Å². The Labute approximate surface area is 110 Å². The van der Waals surface area contributed by atoms with Crippen LogP contribution in [0.4, 0.5) is 0 Å². The first-order valence-electron chi connectivity index (χ1n) is 6.51. The number of methoxy groups -OCH3 is 1. The number of amides is 1. The van der Waals surface area contributed by atoms with Crippen molar-refractivity contribution >= 4 is 11.9 Å². The molecular formula is C13H26N2O3. The van der Waals surface area contributed by atoms with Crippen molar-refractivity contribution in [2.75, 3.05) is 26.7 Å². The van der Waals surface area contributed by atoms with Crippen molar-refractivity contribution in [1.82, 2.24) is 4.90 Å². The lowest BCUT2D eigenvalue weighted by Crippen LogP contribution is -2.42. The molecule has 5 heteroatoms. The fraction of sp³-hybridized carbons (Fsp3) is 0.846. The van der Waals surface area contributed by atoms with Crippen LogP contribution < -0.4 is 5.73 Å². The number of hydrogen-bond acceptors (Lipinski definition) is 4. The first-order valence-corrected chi connectivity index (χ1v) is 6.51. The third kappa shape index (κ3) is 6.00. The molecule has 18 heavy (non-hydrogen) atoms. The second-order valence-corrected chi connectivity index (χ2v) is 4.85. The van der Waals surface area contributed by atoms with Gasteiger partial charge in [0.2, 0.25) is 5.91 Å². The predicted octanol–water partition coefficient (Wildman–Crippen LogP) is 1.02. The maximum absolute atomic E-state index is 12.2. The number of esters is 1. The summed E-state index contributed by atoms with van der Waals surface area (Å²) in [6.07, 6.45) is 0.956. The molecule has 0 saturated heterocycles. The summed E-state index contributed by atoms with van der Waals surface area (Å²) in [5.41, 5.74) is 5.60. The number of hydrogen-bond donors (Lipinski definition) is 1. The van der Waals surface area contributed by atoms with Gasteiger partial charge in [0.1, 0.15) is 0 Å². The molecule has 0 radical (unpaired) electrons. The molecular weight excluding hydrogens is 232 g/mol. The van der Waals surface area contributed by atoms with Gasteiger partial charge in [-0.2, -0.15) is 0 Å². The third-order valence-corrected chi connectivity index (χ3v) is 2.84. The zero-order valence-corrected chi connectivity index (χ0v) is 11.9. The SMILES string of the molecule is CCC(CN)C(=O)N(CCC(=O)OC)CC(C)C. The quantitative estimate of drug-likeness (QED) is 0.660. The Morgan fingerprint density at radius 1 is 1.33 bits per heavy atom. The van der Waals surface area contributed by atoms with Gasteiger partial charge in [-0.1, -0.05) is 20.8 Å². The molecule has 0 fully saturated rings. The van der Waals surface area contributed by atoms with Crippen molar-refractivity contribution < 1.29 is 14.3 Å². The molecule has 0 rings (SSSR count). The van der Waals surface area contributed by atoms with Gasteiger partial charge in [0.25, 0.3) is 0 Å². The smallest absolute Gasteiger partial charge is 0.307 e. The molecule has 0 spiro atoms. The summed E-state index contributed by atoms with van der Waals surface area (Å²) in [5.74, 6) is -0.0433. The van der Waals surface area contributed by atoms with E-state index in [0.29, 0.717) is 25.6 Å². The fourth-order valence-corrected chi connectivity index (χ4v) is 1.76. The molecule has 1 amide bonds. The number of carbonyl (C=O) groups excluding carboxylic acids is 2. The number of nitrogens with zero attached hydrogens (tertiary/aromatic N) is 1. The zero-order valence-electron chi connectivity index (χ0n) is 11.9. The summed E-state index contributed by atoms with van der Waals surface area (Å²) in [6.45, 7) is 7.43. The number of rotatable bonds is 8. The van der Waals surface area contributed by atoms with Crippen LogP contribution in [-0.4, -0.2) is 43.5 Å². The van der Waals surface area contributed by atoms with E-state index in [1.54, 1.807) is 4.90 Å². The molecule has 0 aliphatic rings. The van der Waals surface area contributed by atoms with Crippen LogP contribution in [-0.2, 0) is 14.3 Å². The van der Waals surface area contributed by atoms with Crippen LogP contribution in [0.3, 0.4) is 0 Å². The van der Waals surface area contributed by atoms with E-state index in [-0.39, 0.29) is 24.2 Å². The second-order valence-electron chi connectivity index (χ2n) is 4.85. The van der Waals surface area contributed by atoms with Crippen molar-refractivity contribution in [3.8, 4) is 0 Å². The van der Waals surface area contributed by atoms with Crippen LogP contribution in [0, 0.1) is 11.8 Å². The second kappa shape index (κ2) is 8.91. The van der Waals surface area contributed by atoms with E-state index in [9.17, 15) is 9.59 Å². The summed E-state index contributed by atoms with van der Waals surface area (Å²) in [5, 5.41) is 0. The van der Waals surface area contributed by atoms with Gasteiger partial charge in [-0.15, -0.1) is 0 Å². The lowest BCUT2D eigenvalue weighted by atomic mass is 10.0. The Hall–Kier alpha value is -1.10. The van der Waals surface area contributed by atoms with Crippen LogP contribution in [0.5, 0.6) is 0 Å². The number of ether oxygens (including phenoxy) is 1. The molecule has 0 bridgehead atoms. The van der Waals surface area contributed by atoms with Crippen LogP contribution >= 0.6 is 0 Å². The normalized spacial score (nSPS) is 12.3. The minimum Gasteiger partial charge on any atom is -0.469 e. The third-order valence-electron chi connectivity index (χ3n) is 2.84. The molecule has 2 N–H and O–H groups in total. The van der Waals surface area contributed by atoms with E-state index < -0.39 is 0 Å². The number of nitrogens with two attached hydrogens (primary N) is 1. The maximum Gasteiger partial charge on any atom is 0.307 e. The van der Waals surface area contributed by atoms with Gasteiger partial charge < -0.3 is 15.4 Å². The van der Waals surface area contributed by atoms with E-state index in [1.165, 1.54) is 7.11 Å². The zero-order chi connectivity index (χ0) is 14.1. The average Bonchev–Trinajstić information content (AvgIpc) is 2.34. The van der Waals surface area contributed by atoms with Gasteiger partial charge in [0, 0.05) is 19.6 Å². The van der Waals surface area contributed by atoms with Gasteiger partial charge in [0.05, 0.1) is 19.4 Å². The average molecular weight is 258 g/mol. The summed E-state index contributed by atoms with van der Waals surface area (Å²) in [7, 11) is 1.35. The van der Waals surface area contributed by atoms with E-state index in [1.807, 2.05) is 20.8 Å². The van der Waals surface area contributed by atoms with Gasteiger partial charge in [-0.05, 0) is 12.3 Å². The summed E-state index contributed by atoms with van der Waals surface area (Å²) >= 11 is 0. The van der Waals surface area contributed by atoms with E-state index in [2.05, 4.69) is 4.74 Å². The Bertz CT molecular complexity index is 263. The van der Waals surface area contributed by atoms with Gasteiger partial charge >= 0.3 is 5.97 Å². The molecule has 5 nitrogen and oxygen atoms in total. The molecule has 0 aromatic rings. The molecule has 106 valence electrons. The topological polar surface area (TPSA) is 72.6 Å². The fourth-order valence-electron chi connectivity index (χ4n) is 1.76.